The average Bonchev–Trinajstić information content (AvgIpc) is 2.81. The smallest absolute Gasteiger partial charge is 0.255 e. The molecule has 0 spiro atoms. The SMILES string of the molecule is Nc1ccccc1NC(=O)c1ccc(CC(=O)N2CCN(c3ncccn3)CC2)cc1. The first-order valence-corrected chi connectivity index (χ1v) is 10.1. The molecular formula is C23H24N6O2. The van der Waals surface area contributed by atoms with Gasteiger partial charge in [0.1, 0.15) is 0 Å². The van der Waals surface area contributed by atoms with Gasteiger partial charge in [-0.3, -0.25) is 9.59 Å². The zero-order chi connectivity index (χ0) is 21.6. The van der Waals surface area contributed by atoms with Crippen LogP contribution in [-0.2, 0) is 11.2 Å². The lowest BCUT2D eigenvalue weighted by atomic mass is 10.1. The second kappa shape index (κ2) is 9.25. The van der Waals surface area contributed by atoms with E-state index in [4.69, 9.17) is 5.73 Å². The first-order valence-electron chi connectivity index (χ1n) is 10.1. The summed E-state index contributed by atoms with van der Waals surface area (Å²) in [4.78, 5) is 37.6. The summed E-state index contributed by atoms with van der Waals surface area (Å²) in [6.07, 6.45) is 3.74. The number of aromatic nitrogens is 2. The quantitative estimate of drug-likeness (QED) is 0.618. The molecule has 1 aliphatic rings. The molecule has 1 fully saturated rings. The van der Waals surface area contributed by atoms with Crippen LogP contribution in [0, 0.1) is 0 Å². The second-order valence-corrected chi connectivity index (χ2v) is 7.33. The van der Waals surface area contributed by atoms with E-state index in [2.05, 4.69) is 20.2 Å². The van der Waals surface area contributed by atoms with Crippen molar-refractivity contribution in [1.29, 1.82) is 0 Å². The number of hydrogen-bond acceptors (Lipinski definition) is 6. The fourth-order valence-electron chi connectivity index (χ4n) is 3.48. The second-order valence-electron chi connectivity index (χ2n) is 7.33. The molecule has 3 N–H and O–H groups in total. The average molecular weight is 416 g/mol. The van der Waals surface area contributed by atoms with E-state index in [1.807, 2.05) is 29.2 Å². The summed E-state index contributed by atoms with van der Waals surface area (Å²) < 4.78 is 0. The molecule has 0 bridgehead atoms. The number of nitrogens with zero attached hydrogens (tertiary/aromatic N) is 4. The molecular weight excluding hydrogens is 392 g/mol. The molecule has 8 heteroatoms. The van der Waals surface area contributed by atoms with Crippen LogP contribution in [0.2, 0.25) is 0 Å². The van der Waals surface area contributed by atoms with Gasteiger partial charge in [0, 0.05) is 44.1 Å². The van der Waals surface area contributed by atoms with Crippen molar-refractivity contribution >= 4 is 29.1 Å². The van der Waals surface area contributed by atoms with E-state index in [1.165, 1.54) is 0 Å². The zero-order valence-corrected chi connectivity index (χ0v) is 17.1. The molecule has 8 nitrogen and oxygen atoms in total. The number of carbonyl (C=O) groups is 2. The van der Waals surface area contributed by atoms with E-state index < -0.39 is 0 Å². The molecule has 1 saturated heterocycles. The molecule has 1 aliphatic heterocycles. The molecule has 2 amide bonds. The third-order valence-electron chi connectivity index (χ3n) is 5.25. The summed E-state index contributed by atoms with van der Waals surface area (Å²) in [5, 5.41) is 2.80. The van der Waals surface area contributed by atoms with E-state index in [0.717, 1.165) is 5.56 Å². The van der Waals surface area contributed by atoms with E-state index in [-0.39, 0.29) is 11.8 Å². The largest absolute Gasteiger partial charge is 0.397 e. The van der Waals surface area contributed by atoms with Crippen LogP contribution in [0.25, 0.3) is 0 Å². The summed E-state index contributed by atoms with van der Waals surface area (Å²) in [5.74, 6) is 0.527. The maximum atomic E-state index is 12.7. The molecule has 2 heterocycles. The molecule has 158 valence electrons. The number of hydrogen-bond donors (Lipinski definition) is 2. The van der Waals surface area contributed by atoms with Gasteiger partial charge in [0.15, 0.2) is 0 Å². The lowest BCUT2D eigenvalue weighted by Crippen LogP contribution is -2.49. The Morgan fingerprint density at radius 1 is 0.903 bits per heavy atom. The number of anilines is 3. The maximum absolute atomic E-state index is 12.7. The minimum Gasteiger partial charge on any atom is -0.397 e. The third kappa shape index (κ3) is 4.98. The standard InChI is InChI=1S/C23H24N6O2/c24-19-4-1-2-5-20(19)27-22(31)18-8-6-17(7-9-18)16-21(30)28-12-14-29(15-13-28)23-25-10-3-11-26-23/h1-11H,12-16,24H2,(H,27,31). The molecule has 31 heavy (non-hydrogen) atoms. The van der Waals surface area contributed by atoms with Gasteiger partial charge in [-0.15, -0.1) is 0 Å². The number of nitrogens with two attached hydrogens (primary N) is 1. The lowest BCUT2D eigenvalue weighted by molar-refractivity contribution is -0.130. The van der Waals surface area contributed by atoms with Crippen molar-refractivity contribution in [3.05, 3.63) is 78.1 Å². The van der Waals surface area contributed by atoms with Gasteiger partial charge < -0.3 is 20.9 Å². The highest BCUT2D eigenvalue weighted by atomic mass is 16.2. The van der Waals surface area contributed by atoms with Crippen molar-refractivity contribution < 1.29 is 9.59 Å². The van der Waals surface area contributed by atoms with Crippen LogP contribution in [0.15, 0.2) is 67.0 Å². The van der Waals surface area contributed by atoms with Crippen molar-refractivity contribution in [3.8, 4) is 0 Å². The fraction of sp³-hybridized carbons (Fsp3) is 0.217. The Labute approximate surface area is 180 Å². The van der Waals surface area contributed by atoms with Crippen LogP contribution in [-0.4, -0.2) is 52.9 Å². The summed E-state index contributed by atoms with van der Waals surface area (Å²) in [7, 11) is 0. The molecule has 0 aliphatic carbocycles. The maximum Gasteiger partial charge on any atom is 0.255 e. The Balaban J connectivity index is 1.30. The summed E-state index contributed by atoms with van der Waals surface area (Å²) in [6, 6.07) is 16.0. The fourth-order valence-corrected chi connectivity index (χ4v) is 3.48. The van der Waals surface area contributed by atoms with Gasteiger partial charge in [-0.25, -0.2) is 9.97 Å². The van der Waals surface area contributed by atoms with Gasteiger partial charge in [0.05, 0.1) is 17.8 Å². The summed E-state index contributed by atoms with van der Waals surface area (Å²) in [5.41, 5.74) is 8.34. The predicted molar refractivity (Wildman–Crippen MR) is 120 cm³/mol. The van der Waals surface area contributed by atoms with E-state index >= 15 is 0 Å². The highest BCUT2D eigenvalue weighted by Gasteiger charge is 2.22. The Bertz CT molecular complexity index is 1050. The number of nitrogens with one attached hydrogen (secondary N) is 1. The first-order chi connectivity index (χ1) is 15.1. The topological polar surface area (TPSA) is 104 Å². The summed E-state index contributed by atoms with van der Waals surface area (Å²) in [6.45, 7) is 2.68. The Morgan fingerprint density at radius 2 is 1.58 bits per heavy atom. The number of piperazine rings is 1. The van der Waals surface area contributed by atoms with Gasteiger partial charge in [0.25, 0.3) is 5.91 Å². The van der Waals surface area contributed by atoms with Crippen LogP contribution in [0.3, 0.4) is 0 Å². The van der Waals surface area contributed by atoms with Crippen LogP contribution in [0.4, 0.5) is 17.3 Å². The van der Waals surface area contributed by atoms with Crippen molar-refractivity contribution in [2.24, 2.45) is 0 Å². The molecule has 3 aromatic rings. The first kappa shape index (κ1) is 20.3. The van der Waals surface area contributed by atoms with Crippen LogP contribution in [0.1, 0.15) is 15.9 Å². The van der Waals surface area contributed by atoms with Gasteiger partial charge in [-0.2, -0.15) is 0 Å². The van der Waals surface area contributed by atoms with Gasteiger partial charge in [-0.05, 0) is 35.9 Å². The van der Waals surface area contributed by atoms with E-state index in [9.17, 15) is 9.59 Å². The van der Waals surface area contributed by atoms with Gasteiger partial charge in [-0.1, -0.05) is 24.3 Å². The molecule has 2 aromatic carbocycles. The monoisotopic (exact) mass is 416 g/mol. The third-order valence-corrected chi connectivity index (χ3v) is 5.25. The number of rotatable bonds is 5. The molecule has 4 rings (SSSR count). The van der Waals surface area contributed by atoms with E-state index in [1.54, 1.807) is 42.7 Å². The normalized spacial score (nSPS) is 13.7. The number of nitrogen functional groups attached to an aromatic ring is 1. The molecule has 0 radical (unpaired) electrons. The molecule has 0 saturated carbocycles. The Morgan fingerprint density at radius 3 is 2.26 bits per heavy atom. The van der Waals surface area contributed by atoms with Crippen LogP contribution in [0.5, 0.6) is 0 Å². The highest BCUT2D eigenvalue weighted by Crippen LogP contribution is 2.18. The highest BCUT2D eigenvalue weighted by molar-refractivity contribution is 6.05. The Hall–Kier alpha value is -3.94. The molecule has 0 unspecified atom stereocenters. The van der Waals surface area contributed by atoms with Crippen molar-refractivity contribution in [3.63, 3.8) is 0 Å². The van der Waals surface area contributed by atoms with Crippen molar-refractivity contribution in [2.45, 2.75) is 6.42 Å². The van der Waals surface area contributed by atoms with Crippen molar-refractivity contribution in [2.75, 3.05) is 42.1 Å². The van der Waals surface area contributed by atoms with Gasteiger partial charge in [0.2, 0.25) is 11.9 Å². The molecule has 0 atom stereocenters. The van der Waals surface area contributed by atoms with Crippen LogP contribution >= 0.6 is 0 Å². The van der Waals surface area contributed by atoms with Gasteiger partial charge >= 0.3 is 0 Å². The van der Waals surface area contributed by atoms with Crippen LogP contribution < -0.4 is 16.0 Å². The zero-order valence-electron chi connectivity index (χ0n) is 17.1. The van der Waals surface area contributed by atoms with Crippen molar-refractivity contribution in [1.82, 2.24) is 14.9 Å². The minimum absolute atomic E-state index is 0.0721. The lowest BCUT2D eigenvalue weighted by Gasteiger charge is -2.34. The molecule has 1 aromatic heterocycles. The predicted octanol–water partition coefficient (Wildman–Crippen LogP) is 2.20. The Kier molecular flexibility index (Phi) is 6.07. The number of benzene rings is 2. The number of para-hydroxylation sites is 2. The van der Waals surface area contributed by atoms with E-state index in [0.29, 0.717) is 55.5 Å². The number of amides is 2. The minimum atomic E-state index is -0.241. The summed E-state index contributed by atoms with van der Waals surface area (Å²) >= 11 is 0. The number of carbonyl (C=O) groups excluding carboxylic acids is 2.